The van der Waals surface area contributed by atoms with E-state index in [1.54, 1.807) is 22.1 Å². The molecule has 0 unspecified atom stereocenters. The van der Waals surface area contributed by atoms with Crippen molar-refractivity contribution in [3.05, 3.63) is 69.3 Å². The van der Waals surface area contributed by atoms with Gasteiger partial charge in [-0.15, -0.1) is 11.3 Å². The van der Waals surface area contributed by atoms with Crippen molar-refractivity contribution < 1.29 is 0 Å². The molecule has 148 valence electrons. The van der Waals surface area contributed by atoms with Gasteiger partial charge in [-0.1, -0.05) is 12.1 Å². The maximum absolute atomic E-state index is 13.3. The first-order valence-electron chi connectivity index (χ1n) is 10.1. The second-order valence-electron chi connectivity index (χ2n) is 7.44. The Kier molecular flexibility index (Phi) is 4.67. The first-order chi connectivity index (χ1) is 14.2. The third-order valence-electron chi connectivity index (χ3n) is 5.50. The van der Waals surface area contributed by atoms with E-state index < -0.39 is 0 Å². The highest BCUT2D eigenvalue weighted by atomic mass is 32.1. The van der Waals surface area contributed by atoms with E-state index in [1.807, 2.05) is 36.1 Å². The number of aryl methyl sites for hydroxylation is 2. The van der Waals surface area contributed by atoms with Gasteiger partial charge in [0.25, 0.3) is 5.56 Å². The summed E-state index contributed by atoms with van der Waals surface area (Å²) >= 11 is 1.69. The molecule has 5 rings (SSSR count). The van der Waals surface area contributed by atoms with Gasteiger partial charge in [0.05, 0.1) is 11.7 Å². The number of hydrogen-bond donors (Lipinski definition) is 1. The first-order valence-corrected chi connectivity index (χ1v) is 10.9. The molecule has 1 N–H and O–H groups in total. The topological polar surface area (TPSA) is 64.7 Å². The van der Waals surface area contributed by atoms with Crippen molar-refractivity contribution in [2.24, 2.45) is 0 Å². The zero-order valence-corrected chi connectivity index (χ0v) is 17.2. The number of aromatic nitrogens is 4. The van der Waals surface area contributed by atoms with E-state index in [0.29, 0.717) is 12.5 Å². The lowest BCUT2D eigenvalue weighted by Gasteiger charge is -2.14. The van der Waals surface area contributed by atoms with Crippen LogP contribution in [-0.4, -0.2) is 19.1 Å². The highest BCUT2D eigenvalue weighted by Crippen LogP contribution is 2.34. The molecule has 1 aliphatic rings. The van der Waals surface area contributed by atoms with Crippen LogP contribution in [0.4, 0.5) is 11.6 Å². The van der Waals surface area contributed by atoms with Crippen molar-refractivity contribution in [2.45, 2.75) is 45.7 Å². The van der Waals surface area contributed by atoms with Crippen LogP contribution in [0.5, 0.6) is 0 Å². The lowest BCUT2D eigenvalue weighted by atomic mass is 9.97. The Bertz CT molecular complexity index is 1220. The van der Waals surface area contributed by atoms with Crippen molar-refractivity contribution >= 4 is 33.2 Å². The van der Waals surface area contributed by atoms with Crippen molar-refractivity contribution in [3.63, 3.8) is 0 Å². The van der Waals surface area contributed by atoms with Crippen LogP contribution in [0, 0.1) is 0 Å². The molecule has 6 nitrogen and oxygen atoms in total. The van der Waals surface area contributed by atoms with Crippen molar-refractivity contribution in [3.8, 4) is 0 Å². The molecule has 3 heterocycles. The van der Waals surface area contributed by atoms with E-state index in [-0.39, 0.29) is 5.56 Å². The van der Waals surface area contributed by atoms with Crippen LogP contribution in [0.15, 0.2) is 47.8 Å². The molecule has 7 heteroatoms. The van der Waals surface area contributed by atoms with E-state index in [2.05, 4.69) is 22.4 Å². The van der Waals surface area contributed by atoms with Gasteiger partial charge in [-0.25, -0.2) is 9.97 Å². The average molecular weight is 406 g/mol. The Balaban J connectivity index is 1.53. The summed E-state index contributed by atoms with van der Waals surface area (Å²) in [6.45, 7) is 3.33. The zero-order valence-electron chi connectivity index (χ0n) is 16.4. The van der Waals surface area contributed by atoms with Crippen LogP contribution < -0.4 is 10.9 Å². The van der Waals surface area contributed by atoms with Gasteiger partial charge in [0, 0.05) is 36.0 Å². The summed E-state index contributed by atoms with van der Waals surface area (Å²) < 4.78 is 3.79. The molecule has 3 aromatic heterocycles. The monoisotopic (exact) mass is 405 g/mol. The molecule has 0 saturated carbocycles. The third-order valence-corrected chi connectivity index (χ3v) is 6.68. The summed E-state index contributed by atoms with van der Waals surface area (Å²) in [6.07, 6.45) is 9.97. The summed E-state index contributed by atoms with van der Waals surface area (Å²) in [5.41, 5.74) is 3.40. The fraction of sp³-hybridized carbons (Fsp3) is 0.318. The molecular formula is C22H23N5OS. The summed E-state index contributed by atoms with van der Waals surface area (Å²) in [4.78, 5) is 24.4. The number of hydrogen-bond acceptors (Lipinski definition) is 5. The quantitative estimate of drug-likeness (QED) is 0.536. The Labute approximate surface area is 172 Å². The van der Waals surface area contributed by atoms with Crippen LogP contribution in [0.1, 0.15) is 35.8 Å². The Morgan fingerprint density at radius 1 is 1.24 bits per heavy atom. The molecule has 0 atom stereocenters. The highest BCUT2D eigenvalue weighted by molar-refractivity contribution is 7.18. The van der Waals surface area contributed by atoms with Gasteiger partial charge in [0.15, 0.2) is 0 Å². The van der Waals surface area contributed by atoms with E-state index in [4.69, 9.17) is 4.98 Å². The SMILES string of the molecule is CCn1c(Nc2cccc(Cn3ccnc3)c2)nc2sc3c(c2c1=O)CCCC3. The second kappa shape index (κ2) is 7.48. The van der Waals surface area contributed by atoms with Crippen molar-refractivity contribution in [1.29, 1.82) is 0 Å². The molecule has 0 saturated heterocycles. The zero-order chi connectivity index (χ0) is 19.8. The van der Waals surface area contributed by atoms with Crippen LogP contribution in [0.25, 0.3) is 10.2 Å². The molecule has 0 amide bonds. The first kappa shape index (κ1) is 18.1. The number of nitrogens with one attached hydrogen (secondary N) is 1. The molecule has 1 aliphatic carbocycles. The molecule has 0 fully saturated rings. The van der Waals surface area contributed by atoms with Crippen LogP contribution >= 0.6 is 11.3 Å². The van der Waals surface area contributed by atoms with E-state index in [0.717, 1.165) is 47.3 Å². The molecule has 0 aliphatic heterocycles. The number of anilines is 2. The number of thiophene rings is 1. The van der Waals surface area contributed by atoms with E-state index in [9.17, 15) is 4.79 Å². The van der Waals surface area contributed by atoms with Gasteiger partial charge in [0.2, 0.25) is 5.95 Å². The molecule has 4 aromatic rings. The standard InChI is InChI=1S/C22H23N5OS/c1-2-27-21(28)19-17-8-3-4-9-18(17)29-20(19)25-22(27)24-16-7-5-6-15(12-16)13-26-11-10-23-14-26/h5-7,10-12,14H,2-4,8-9,13H2,1H3,(H,24,25). The van der Waals surface area contributed by atoms with E-state index >= 15 is 0 Å². The van der Waals surface area contributed by atoms with Gasteiger partial charge in [0.1, 0.15) is 4.83 Å². The van der Waals surface area contributed by atoms with Crippen LogP contribution in [0.2, 0.25) is 0 Å². The number of imidazole rings is 1. The van der Waals surface area contributed by atoms with Gasteiger partial charge in [-0.05, 0) is 55.9 Å². The minimum atomic E-state index is 0.0778. The van der Waals surface area contributed by atoms with Crippen molar-refractivity contribution in [2.75, 3.05) is 5.32 Å². The highest BCUT2D eigenvalue weighted by Gasteiger charge is 2.21. The Morgan fingerprint density at radius 2 is 2.14 bits per heavy atom. The number of benzene rings is 1. The van der Waals surface area contributed by atoms with Gasteiger partial charge in [-0.3, -0.25) is 9.36 Å². The minimum Gasteiger partial charge on any atom is -0.333 e. The van der Waals surface area contributed by atoms with Crippen LogP contribution in [-0.2, 0) is 25.9 Å². The lowest BCUT2D eigenvalue weighted by Crippen LogP contribution is -2.23. The fourth-order valence-corrected chi connectivity index (χ4v) is 5.35. The van der Waals surface area contributed by atoms with Crippen LogP contribution in [0.3, 0.4) is 0 Å². The number of fused-ring (bicyclic) bond motifs is 3. The maximum atomic E-state index is 13.3. The molecule has 1 aromatic carbocycles. The third kappa shape index (κ3) is 3.35. The lowest BCUT2D eigenvalue weighted by molar-refractivity contribution is 0.696. The average Bonchev–Trinajstić information content (AvgIpc) is 3.36. The Hall–Kier alpha value is -2.93. The summed E-state index contributed by atoms with van der Waals surface area (Å²) in [7, 11) is 0. The molecule has 0 bridgehead atoms. The van der Waals surface area contributed by atoms with Crippen molar-refractivity contribution in [1.82, 2.24) is 19.1 Å². The molecule has 0 spiro atoms. The predicted octanol–water partition coefficient (Wildman–Crippen LogP) is 4.35. The van der Waals surface area contributed by atoms with Gasteiger partial charge >= 0.3 is 0 Å². The molecule has 29 heavy (non-hydrogen) atoms. The maximum Gasteiger partial charge on any atom is 0.263 e. The minimum absolute atomic E-state index is 0.0778. The Morgan fingerprint density at radius 3 is 2.97 bits per heavy atom. The normalized spacial score (nSPS) is 13.6. The largest absolute Gasteiger partial charge is 0.333 e. The number of rotatable bonds is 5. The predicted molar refractivity (Wildman–Crippen MR) is 117 cm³/mol. The molecule has 0 radical (unpaired) electrons. The molecular weight excluding hydrogens is 382 g/mol. The summed E-state index contributed by atoms with van der Waals surface area (Å²) in [5.74, 6) is 0.614. The summed E-state index contributed by atoms with van der Waals surface area (Å²) in [6, 6.07) is 8.20. The van der Waals surface area contributed by atoms with Gasteiger partial charge in [-0.2, -0.15) is 0 Å². The van der Waals surface area contributed by atoms with E-state index in [1.165, 1.54) is 16.9 Å². The second-order valence-corrected chi connectivity index (χ2v) is 8.52. The number of nitrogens with zero attached hydrogens (tertiary/aromatic N) is 4. The smallest absolute Gasteiger partial charge is 0.263 e. The fourth-order valence-electron chi connectivity index (χ4n) is 4.09. The van der Waals surface area contributed by atoms with Gasteiger partial charge < -0.3 is 9.88 Å². The summed E-state index contributed by atoms with van der Waals surface area (Å²) in [5, 5.41) is 4.23.